The molecule has 0 spiro atoms. The fraction of sp³-hybridized carbons (Fsp3) is 0.136. The SMILES string of the molecule is COc1ccc(/C(O)=C2/C(=O)C(=O)N(Cc3cccnc3)C2c2cccs2)cc1. The van der Waals surface area contributed by atoms with Crippen molar-refractivity contribution in [2.24, 2.45) is 0 Å². The van der Waals surface area contributed by atoms with E-state index in [2.05, 4.69) is 4.98 Å². The number of pyridine rings is 1. The summed E-state index contributed by atoms with van der Waals surface area (Å²) in [5, 5.41) is 12.8. The van der Waals surface area contributed by atoms with E-state index in [0.29, 0.717) is 11.3 Å². The third kappa shape index (κ3) is 3.52. The zero-order chi connectivity index (χ0) is 20.4. The number of benzene rings is 1. The van der Waals surface area contributed by atoms with Gasteiger partial charge in [0.2, 0.25) is 0 Å². The Morgan fingerprint density at radius 3 is 2.59 bits per heavy atom. The molecule has 146 valence electrons. The van der Waals surface area contributed by atoms with Crippen LogP contribution in [0.1, 0.15) is 22.0 Å². The minimum absolute atomic E-state index is 0.0894. The molecule has 1 saturated heterocycles. The number of carbonyl (C=O) groups excluding carboxylic acids is 2. The molecule has 3 aromatic rings. The van der Waals surface area contributed by atoms with Crippen LogP contribution in [0.5, 0.6) is 5.75 Å². The van der Waals surface area contributed by atoms with Gasteiger partial charge in [0.25, 0.3) is 11.7 Å². The van der Waals surface area contributed by atoms with Gasteiger partial charge in [-0.15, -0.1) is 11.3 Å². The summed E-state index contributed by atoms with van der Waals surface area (Å²) >= 11 is 1.43. The minimum atomic E-state index is -0.694. The van der Waals surface area contributed by atoms with E-state index in [-0.39, 0.29) is 17.9 Å². The summed E-state index contributed by atoms with van der Waals surface area (Å²) in [7, 11) is 1.55. The van der Waals surface area contributed by atoms with Crippen molar-refractivity contribution in [2.75, 3.05) is 7.11 Å². The number of nitrogens with zero attached hydrogens (tertiary/aromatic N) is 2. The zero-order valence-corrected chi connectivity index (χ0v) is 16.4. The van der Waals surface area contributed by atoms with Crippen LogP contribution in [0.3, 0.4) is 0 Å². The van der Waals surface area contributed by atoms with Crippen molar-refractivity contribution in [2.45, 2.75) is 12.6 Å². The lowest BCUT2D eigenvalue weighted by Gasteiger charge is -2.24. The topological polar surface area (TPSA) is 79.7 Å². The molecule has 1 N–H and O–H groups in total. The van der Waals surface area contributed by atoms with E-state index in [1.807, 2.05) is 23.6 Å². The predicted octanol–water partition coefficient (Wildman–Crippen LogP) is 3.77. The number of Topliss-reactive ketones (excluding diaryl/α,β-unsaturated/α-hetero) is 1. The average Bonchev–Trinajstić information content (AvgIpc) is 3.37. The van der Waals surface area contributed by atoms with Crippen LogP contribution >= 0.6 is 11.3 Å². The Bertz CT molecular complexity index is 1060. The number of aromatic nitrogens is 1. The second-order valence-electron chi connectivity index (χ2n) is 6.53. The fourth-order valence-electron chi connectivity index (χ4n) is 3.38. The molecular formula is C22H18N2O4S. The number of amides is 1. The Morgan fingerprint density at radius 2 is 1.97 bits per heavy atom. The lowest BCUT2D eigenvalue weighted by Crippen LogP contribution is -2.28. The van der Waals surface area contributed by atoms with E-state index in [1.54, 1.807) is 49.8 Å². The van der Waals surface area contributed by atoms with E-state index in [4.69, 9.17) is 4.74 Å². The lowest BCUT2D eigenvalue weighted by atomic mass is 9.99. The Hall–Kier alpha value is -3.45. The summed E-state index contributed by atoms with van der Waals surface area (Å²) in [6.07, 6.45) is 3.31. The first kappa shape index (κ1) is 18.9. The number of aliphatic hydroxyl groups is 1. The van der Waals surface area contributed by atoms with E-state index < -0.39 is 17.7 Å². The molecule has 1 aliphatic heterocycles. The maximum atomic E-state index is 12.9. The first-order chi connectivity index (χ1) is 14.1. The second kappa shape index (κ2) is 7.89. The number of rotatable bonds is 5. The van der Waals surface area contributed by atoms with E-state index in [1.165, 1.54) is 16.2 Å². The maximum Gasteiger partial charge on any atom is 0.295 e. The highest BCUT2D eigenvalue weighted by atomic mass is 32.1. The van der Waals surface area contributed by atoms with Crippen molar-refractivity contribution in [3.8, 4) is 5.75 Å². The quantitative estimate of drug-likeness (QED) is 0.396. The third-order valence-corrected chi connectivity index (χ3v) is 5.72. The van der Waals surface area contributed by atoms with Gasteiger partial charge in [-0.05, 0) is 47.3 Å². The van der Waals surface area contributed by atoms with Gasteiger partial charge in [0.15, 0.2) is 0 Å². The van der Waals surface area contributed by atoms with Crippen molar-refractivity contribution < 1.29 is 19.4 Å². The first-order valence-corrected chi connectivity index (χ1v) is 9.83. The van der Waals surface area contributed by atoms with Crippen LogP contribution in [0.15, 0.2) is 71.9 Å². The molecule has 0 bridgehead atoms. The number of carbonyl (C=O) groups is 2. The fourth-order valence-corrected chi connectivity index (χ4v) is 4.22. The normalized spacial score (nSPS) is 18.2. The molecule has 7 heteroatoms. The monoisotopic (exact) mass is 406 g/mol. The van der Waals surface area contributed by atoms with Crippen LogP contribution in [0, 0.1) is 0 Å². The Kier molecular flexibility index (Phi) is 5.14. The molecule has 0 radical (unpaired) electrons. The number of likely N-dealkylation sites (tertiary alicyclic amines) is 1. The molecule has 0 aliphatic carbocycles. The van der Waals surface area contributed by atoms with Gasteiger partial charge in [-0.1, -0.05) is 12.1 Å². The molecule has 1 aliphatic rings. The number of hydrogen-bond acceptors (Lipinski definition) is 6. The molecule has 3 heterocycles. The van der Waals surface area contributed by atoms with Gasteiger partial charge in [0, 0.05) is 29.4 Å². The maximum absolute atomic E-state index is 12.9. The van der Waals surface area contributed by atoms with E-state index in [9.17, 15) is 14.7 Å². The number of hydrogen-bond donors (Lipinski definition) is 1. The average molecular weight is 406 g/mol. The summed E-state index contributed by atoms with van der Waals surface area (Å²) < 4.78 is 5.14. The van der Waals surface area contributed by atoms with E-state index >= 15 is 0 Å². The molecule has 6 nitrogen and oxygen atoms in total. The van der Waals surface area contributed by atoms with Gasteiger partial charge < -0.3 is 14.7 Å². The highest BCUT2D eigenvalue weighted by molar-refractivity contribution is 7.10. The van der Waals surface area contributed by atoms with Crippen LogP contribution in [0.2, 0.25) is 0 Å². The summed E-state index contributed by atoms with van der Waals surface area (Å²) in [6.45, 7) is 0.223. The first-order valence-electron chi connectivity index (χ1n) is 8.95. The van der Waals surface area contributed by atoms with Gasteiger partial charge >= 0.3 is 0 Å². The second-order valence-corrected chi connectivity index (χ2v) is 7.51. The molecule has 1 unspecified atom stereocenters. The third-order valence-electron chi connectivity index (χ3n) is 4.79. The molecule has 4 rings (SSSR count). The minimum Gasteiger partial charge on any atom is -0.507 e. The van der Waals surface area contributed by atoms with Crippen LogP contribution < -0.4 is 4.74 Å². The van der Waals surface area contributed by atoms with Crippen molar-refractivity contribution in [1.82, 2.24) is 9.88 Å². The Labute approximate surface area is 171 Å². The number of ketones is 1. The molecule has 1 aromatic carbocycles. The summed E-state index contributed by atoms with van der Waals surface area (Å²) in [4.78, 5) is 32.1. The van der Waals surface area contributed by atoms with Gasteiger partial charge in [0.1, 0.15) is 11.5 Å². The zero-order valence-electron chi connectivity index (χ0n) is 15.6. The number of ether oxygens (including phenoxy) is 1. The number of thiophene rings is 1. The highest BCUT2D eigenvalue weighted by Gasteiger charge is 2.46. The van der Waals surface area contributed by atoms with Gasteiger partial charge in [0.05, 0.1) is 18.7 Å². The molecule has 0 saturated carbocycles. The molecule has 1 fully saturated rings. The molecule has 1 amide bonds. The number of methoxy groups -OCH3 is 1. The molecular weight excluding hydrogens is 388 g/mol. The Morgan fingerprint density at radius 1 is 1.17 bits per heavy atom. The van der Waals surface area contributed by atoms with Crippen LogP contribution in [0.25, 0.3) is 5.76 Å². The smallest absolute Gasteiger partial charge is 0.295 e. The lowest BCUT2D eigenvalue weighted by molar-refractivity contribution is -0.140. The largest absolute Gasteiger partial charge is 0.507 e. The Balaban J connectivity index is 1.81. The van der Waals surface area contributed by atoms with Crippen LogP contribution in [-0.2, 0) is 16.1 Å². The molecule has 1 atom stereocenters. The standard InChI is InChI=1S/C22H18N2O4S/c1-28-16-8-6-15(7-9-16)20(25)18-19(17-5-3-11-29-17)24(22(27)21(18)26)13-14-4-2-10-23-12-14/h2-12,19,25H,13H2,1H3/b20-18-. The van der Waals surface area contributed by atoms with Gasteiger partial charge in [-0.25, -0.2) is 0 Å². The molecule has 2 aromatic heterocycles. The van der Waals surface area contributed by atoms with Crippen molar-refractivity contribution in [1.29, 1.82) is 0 Å². The van der Waals surface area contributed by atoms with Crippen molar-refractivity contribution in [3.05, 3.63) is 87.9 Å². The van der Waals surface area contributed by atoms with Crippen LogP contribution in [-0.4, -0.2) is 33.8 Å². The predicted molar refractivity (Wildman–Crippen MR) is 109 cm³/mol. The van der Waals surface area contributed by atoms with Crippen molar-refractivity contribution in [3.63, 3.8) is 0 Å². The summed E-state index contributed by atoms with van der Waals surface area (Å²) in [5.74, 6) is -0.894. The van der Waals surface area contributed by atoms with Crippen LogP contribution in [0.4, 0.5) is 0 Å². The summed E-state index contributed by atoms with van der Waals surface area (Å²) in [5.41, 5.74) is 1.35. The van der Waals surface area contributed by atoms with Gasteiger partial charge in [-0.3, -0.25) is 14.6 Å². The van der Waals surface area contributed by atoms with Gasteiger partial charge in [-0.2, -0.15) is 0 Å². The highest BCUT2D eigenvalue weighted by Crippen LogP contribution is 2.41. The molecule has 29 heavy (non-hydrogen) atoms. The number of aliphatic hydroxyl groups excluding tert-OH is 1. The van der Waals surface area contributed by atoms with Crippen molar-refractivity contribution >= 4 is 28.8 Å². The summed E-state index contributed by atoms with van der Waals surface area (Å²) in [6, 6.07) is 13.4. The van der Waals surface area contributed by atoms with E-state index in [0.717, 1.165) is 10.4 Å².